The van der Waals surface area contributed by atoms with Gasteiger partial charge in [-0.2, -0.15) is 5.10 Å². The Morgan fingerprint density at radius 2 is 2.22 bits per heavy atom. The second kappa shape index (κ2) is 6.44. The Balaban J connectivity index is 1.83. The van der Waals surface area contributed by atoms with Crippen LogP contribution in [0, 0.1) is 6.92 Å². The van der Waals surface area contributed by atoms with Crippen molar-refractivity contribution in [1.82, 2.24) is 29.6 Å². The molecule has 1 atom stereocenters. The first-order chi connectivity index (χ1) is 11.1. The number of piperidine rings is 1. The zero-order chi connectivity index (χ0) is 16.4. The molecule has 1 fully saturated rings. The fourth-order valence-corrected chi connectivity index (χ4v) is 3.02. The summed E-state index contributed by atoms with van der Waals surface area (Å²) in [5.41, 5.74) is 1.44. The summed E-state index contributed by atoms with van der Waals surface area (Å²) >= 11 is 0. The van der Waals surface area contributed by atoms with E-state index in [4.69, 9.17) is 0 Å². The molecule has 0 aliphatic carbocycles. The van der Waals surface area contributed by atoms with Gasteiger partial charge < -0.3 is 4.90 Å². The Hall–Kier alpha value is -2.31. The highest BCUT2D eigenvalue weighted by Gasteiger charge is 2.28. The first-order valence-electron chi connectivity index (χ1n) is 8.03. The third kappa shape index (κ3) is 3.23. The van der Waals surface area contributed by atoms with Crippen molar-refractivity contribution < 1.29 is 4.79 Å². The molecule has 2 aromatic heterocycles. The van der Waals surface area contributed by atoms with Crippen LogP contribution in [0.1, 0.15) is 60.5 Å². The summed E-state index contributed by atoms with van der Waals surface area (Å²) in [7, 11) is 0. The highest BCUT2D eigenvalue weighted by Crippen LogP contribution is 2.24. The molecule has 0 unspecified atom stereocenters. The fraction of sp³-hybridized carbons (Fsp3) is 0.562. The van der Waals surface area contributed by atoms with E-state index >= 15 is 0 Å². The lowest BCUT2D eigenvalue weighted by atomic mass is 10.0. The molecule has 0 saturated carbocycles. The molecule has 7 heteroatoms. The van der Waals surface area contributed by atoms with E-state index in [9.17, 15) is 4.79 Å². The van der Waals surface area contributed by atoms with Crippen molar-refractivity contribution in [3.8, 4) is 0 Å². The SMILES string of the molecule is Cc1ncc(C(=O)N2CCC[C@@H](n3cncn3)C2)c(C(C)C)n1. The second-order valence-electron chi connectivity index (χ2n) is 6.29. The van der Waals surface area contributed by atoms with Gasteiger partial charge in [-0.1, -0.05) is 13.8 Å². The van der Waals surface area contributed by atoms with Gasteiger partial charge in [0.15, 0.2) is 0 Å². The lowest BCUT2D eigenvalue weighted by molar-refractivity contribution is 0.0670. The van der Waals surface area contributed by atoms with Crippen molar-refractivity contribution in [2.24, 2.45) is 0 Å². The number of aryl methyl sites for hydroxylation is 1. The maximum atomic E-state index is 13.0. The molecule has 3 rings (SSSR count). The minimum absolute atomic E-state index is 0.0125. The van der Waals surface area contributed by atoms with Gasteiger partial charge in [-0.25, -0.2) is 19.6 Å². The molecular formula is C16H22N6O. The van der Waals surface area contributed by atoms with Crippen molar-refractivity contribution in [1.29, 1.82) is 0 Å². The summed E-state index contributed by atoms with van der Waals surface area (Å²) in [6.45, 7) is 7.35. The van der Waals surface area contributed by atoms with Crippen LogP contribution in [0.5, 0.6) is 0 Å². The van der Waals surface area contributed by atoms with Crippen LogP contribution >= 0.6 is 0 Å². The third-order valence-electron chi connectivity index (χ3n) is 4.21. The number of carbonyl (C=O) groups is 1. The van der Waals surface area contributed by atoms with Crippen molar-refractivity contribution in [2.45, 2.75) is 45.6 Å². The first kappa shape index (κ1) is 15.6. The summed E-state index contributed by atoms with van der Waals surface area (Å²) in [6.07, 6.45) is 6.88. The Morgan fingerprint density at radius 1 is 1.39 bits per heavy atom. The topological polar surface area (TPSA) is 76.8 Å². The molecule has 0 N–H and O–H groups in total. The number of amides is 1. The summed E-state index contributed by atoms with van der Waals surface area (Å²) in [4.78, 5) is 27.5. The molecular weight excluding hydrogens is 292 g/mol. The van der Waals surface area contributed by atoms with Crippen LogP contribution in [-0.4, -0.2) is 48.6 Å². The molecule has 23 heavy (non-hydrogen) atoms. The average molecular weight is 314 g/mol. The van der Waals surface area contributed by atoms with Gasteiger partial charge in [-0.3, -0.25) is 4.79 Å². The molecule has 3 heterocycles. The van der Waals surface area contributed by atoms with E-state index in [1.807, 2.05) is 30.4 Å². The monoisotopic (exact) mass is 314 g/mol. The van der Waals surface area contributed by atoms with Gasteiger partial charge in [0.05, 0.1) is 17.3 Å². The zero-order valence-electron chi connectivity index (χ0n) is 13.8. The predicted octanol–water partition coefficient (Wildman–Crippen LogP) is 1.98. The largest absolute Gasteiger partial charge is 0.336 e. The maximum Gasteiger partial charge on any atom is 0.257 e. The number of aromatic nitrogens is 5. The quantitative estimate of drug-likeness (QED) is 0.865. The minimum atomic E-state index is 0.0125. The Kier molecular flexibility index (Phi) is 4.36. The molecule has 122 valence electrons. The summed E-state index contributed by atoms with van der Waals surface area (Å²) in [5.74, 6) is 0.898. The molecule has 2 aromatic rings. The molecule has 0 bridgehead atoms. The van der Waals surface area contributed by atoms with E-state index in [1.165, 1.54) is 6.33 Å². The number of hydrogen-bond acceptors (Lipinski definition) is 5. The van der Waals surface area contributed by atoms with Crippen LogP contribution in [0.2, 0.25) is 0 Å². The van der Waals surface area contributed by atoms with E-state index in [1.54, 1.807) is 12.5 Å². The molecule has 0 spiro atoms. The van der Waals surface area contributed by atoms with E-state index in [-0.39, 0.29) is 17.9 Å². The van der Waals surface area contributed by atoms with Gasteiger partial charge in [-0.05, 0) is 25.7 Å². The minimum Gasteiger partial charge on any atom is -0.336 e. The van der Waals surface area contributed by atoms with Gasteiger partial charge in [0, 0.05) is 19.3 Å². The number of rotatable bonds is 3. The van der Waals surface area contributed by atoms with Crippen molar-refractivity contribution in [2.75, 3.05) is 13.1 Å². The van der Waals surface area contributed by atoms with Crippen LogP contribution < -0.4 is 0 Å². The van der Waals surface area contributed by atoms with Crippen molar-refractivity contribution in [3.63, 3.8) is 0 Å². The van der Waals surface area contributed by atoms with Crippen LogP contribution in [-0.2, 0) is 0 Å². The molecule has 1 saturated heterocycles. The standard InChI is InChI=1S/C16H22N6O/c1-11(2)15-14(7-18-12(3)20-15)16(23)21-6-4-5-13(8-21)22-10-17-9-19-22/h7,9-11,13H,4-6,8H2,1-3H3/t13-/m1/s1. The van der Waals surface area contributed by atoms with E-state index in [0.717, 1.165) is 25.1 Å². The van der Waals surface area contributed by atoms with Crippen LogP contribution in [0.4, 0.5) is 0 Å². The van der Waals surface area contributed by atoms with Crippen LogP contribution in [0.15, 0.2) is 18.9 Å². The average Bonchev–Trinajstić information content (AvgIpc) is 3.09. The van der Waals surface area contributed by atoms with Gasteiger partial charge in [-0.15, -0.1) is 0 Å². The maximum absolute atomic E-state index is 13.0. The molecule has 1 amide bonds. The highest BCUT2D eigenvalue weighted by atomic mass is 16.2. The predicted molar refractivity (Wildman–Crippen MR) is 85.1 cm³/mol. The molecule has 0 radical (unpaired) electrons. The lowest BCUT2D eigenvalue weighted by Crippen LogP contribution is -2.41. The summed E-state index contributed by atoms with van der Waals surface area (Å²) in [5, 5.41) is 4.21. The van der Waals surface area contributed by atoms with Crippen LogP contribution in [0.3, 0.4) is 0 Å². The Morgan fingerprint density at radius 3 is 2.91 bits per heavy atom. The Labute approximate surface area is 135 Å². The number of likely N-dealkylation sites (tertiary alicyclic amines) is 1. The van der Waals surface area contributed by atoms with E-state index in [2.05, 4.69) is 20.1 Å². The van der Waals surface area contributed by atoms with Gasteiger partial charge >= 0.3 is 0 Å². The van der Waals surface area contributed by atoms with Gasteiger partial charge in [0.25, 0.3) is 5.91 Å². The van der Waals surface area contributed by atoms with Gasteiger partial charge in [0.1, 0.15) is 18.5 Å². The summed E-state index contributed by atoms with van der Waals surface area (Å²) in [6, 6.07) is 0.184. The van der Waals surface area contributed by atoms with Crippen molar-refractivity contribution in [3.05, 3.63) is 35.9 Å². The van der Waals surface area contributed by atoms with Gasteiger partial charge in [0.2, 0.25) is 0 Å². The third-order valence-corrected chi connectivity index (χ3v) is 4.21. The van der Waals surface area contributed by atoms with Crippen LogP contribution in [0.25, 0.3) is 0 Å². The Bertz CT molecular complexity index is 682. The molecule has 1 aliphatic rings. The second-order valence-corrected chi connectivity index (χ2v) is 6.29. The highest BCUT2D eigenvalue weighted by molar-refractivity contribution is 5.95. The molecule has 7 nitrogen and oxygen atoms in total. The zero-order valence-corrected chi connectivity index (χ0v) is 13.8. The summed E-state index contributed by atoms with van der Waals surface area (Å²) < 4.78 is 1.84. The van der Waals surface area contributed by atoms with Crippen molar-refractivity contribution >= 4 is 5.91 Å². The normalized spacial score (nSPS) is 18.4. The number of hydrogen-bond donors (Lipinski definition) is 0. The first-order valence-corrected chi connectivity index (χ1v) is 8.03. The molecule has 0 aromatic carbocycles. The van der Waals surface area contributed by atoms with E-state index in [0.29, 0.717) is 17.9 Å². The van der Waals surface area contributed by atoms with E-state index < -0.39 is 0 Å². The number of carbonyl (C=O) groups excluding carboxylic acids is 1. The fourth-order valence-electron chi connectivity index (χ4n) is 3.02. The smallest absolute Gasteiger partial charge is 0.257 e. The molecule has 1 aliphatic heterocycles. The number of nitrogens with zero attached hydrogens (tertiary/aromatic N) is 6. The lowest BCUT2D eigenvalue weighted by Gasteiger charge is -2.33.